The summed E-state index contributed by atoms with van der Waals surface area (Å²) in [6.07, 6.45) is 8.05. The molecule has 0 aliphatic carbocycles. The molecule has 2 aromatic carbocycles. The van der Waals surface area contributed by atoms with Crippen LogP contribution in [0.15, 0.2) is 53.1 Å². The quantitative estimate of drug-likeness (QED) is 0.205. The standard InChI is InChI=1S/C30H40F3N3O/c1-4-5-6-7-8-9-10-11-12-13-27-35-28(37-36-27)24-16-14-23(15-17-24)22-34-29(2,3)25-18-20-26(21-19-25)30(31,32)33/h14-21,34H,4-13,22H2,1-3H3. The molecule has 0 bridgehead atoms. The van der Waals surface area contributed by atoms with Crippen molar-refractivity contribution in [1.82, 2.24) is 15.5 Å². The van der Waals surface area contributed by atoms with Crippen molar-refractivity contribution in [2.24, 2.45) is 0 Å². The smallest absolute Gasteiger partial charge is 0.334 e. The summed E-state index contributed by atoms with van der Waals surface area (Å²) in [5.74, 6) is 1.28. The Kier molecular flexibility index (Phi) is 10.7. The van der Waals surface area contributed by atoms with E-state index in [1.165, 1.54) is 63.5 Å². The predicted molar refractivity (Wildman–Crippen MR) is 142 cm³/mol. The number of hydrogen-bond acceptors (Lipinski definition) is 4. The van der Waals surface area contributed by atoms with Crippen molar-refractivity contribution in [3.63, 3.8) is 0 Å². The molecule has 202 valence electrons. The van der Waals surface area contributed by atoms with Crippen molar-refractivity contribution < 1.29 is 17.7 Å². The number of hydrogen-bond donors (Lipinski definition) is 1. The summed E-state index contributed by atoms with van der Waals surface area (Å²) in [4.78, 5) is 4.55. The zero-order valence-electron chi connectivity index (χ0n) is 22.3. The Labute approximate surface area is 219 Å². The van der Waals surface area contributed by atoms with E-state index in [0.29, 0.717) is 12.4 Å². The molecule has 0 radical (unpaired) electrons. The molecule has 0 spiro atoms. The monoisotopic (exact) mass is 515 g/mol. The van der Waals surface area contributed by atoms with Crippen molar-refractivity contribution in [3.8, 4) is 11.5 Å². The number of rotatable bonds is 15. The summed E-state index contributed by atoms with van der Waals surface area (Å²) in [5, 5.41) is 7.57. The molecule has 0 saturated heterocycles. The van der Waals surface area contributed by atoms with E-state index in [4.69, 9.17) is 4.52 Å². The molecular weight excluding hydrogens is 475 g/mol. The number of alkyl halides is 3. The lowest BCUT2D eigenvalue weighted by Gasteiger charge is -2.27. The van der Waals surface area contributed by atoms with E-state index < -0.39 is 17.3 Å². The molecule has 1 heterocycles. The Hall–Kier alpha value is -2.67. The zero-order chi connectivity index (χ0) is 26.7. The van der Waals surface area contributed by atoms with Gasteiger partial charge in [0.15, 0.2) is 5.82 Å². The van der Waals surface area contributed by atoms with Gasteiger partial charge >= 0.3 is 6.18 Å². The summed E-state index contributed by atoms with van der Waals surface area (Å²) in [7, 11) is 0. The van der Waals surface area contributed by atoms with Crippen LogP contribution in [0.25, 0.3) is 11.5 Å². The van der Waals surface area contributed by atoms with Crippen molar-refractivity contribution in [1.29, 1.82) is 0 Å². The Bertz CT molecular complexity index is 1060. The number of aryl methyl sites for hydroxylation is 1. The fourth-order valence-corrected chi connectivity index (χ4v) is 4.33. The fraction of sp³-hybridized carbons (Fsp3) is 0.533. The van der Waals surface area contributed by atoms with Gasteiger partial charge in [0.2, 0.25) is 0 Å². The van der Waals surface area contributed by atoms with Crippen LogP contribution in [-0.4, -0.2) is 10.1 Å². The SMILES string of the molecule is CCCCCCCCCCCc1noc(-c2ccc(CNC(C)(C)c3ccc(C(F)(F)F)cc3)cc2)n1. The van der Waals surface area contributed by atoms with Crippen LogP contribution in [0.5, 0.6) is 0 Å². The third-order valence-corrected chi connectivity index (χ3v) is 6.84. The Balaban J connectivity index is 1.43. The fourth-order valence-electron chi connectivity index (χ4n) is 4.33. The maximum Gasteiger partial charge on any atom is 0.416 e. The van der Waals surface area contributed by atoms with Gasteiger partial charge in [-0.05, 0) is 55.7 Å². The Morgan fingerprint density at radius 1 is 0.757 bits per heavy atom. The average Bonchev–Trinajstić information content (AvgIpc) is 3.35. The topological polar surface area (TPSA) is 51.0 Å². The normalized spacial score (nSPS) is 12.3. The van der Waals surface area contributed by atoms with Crippen LogP contribution in [0.2, 0.25) is 0 Å². The minimum atomic E-state index is -4.33. The lowest BCUT2D eigenvalue weighted by Crippen LogP contribution is -2.36. The van der Waals surface area contributed by atoms with Crippen LogP contribution in [0, 0.1) is 0 Å². The minimum absolute atomic E-state index is 0.487. The van der Waals surface area contributed by atoms with Crippen molar-refractivity contribution in [2.75, 3.05) is 0 Å². The highest BCUT2D eigenvalue weighted by atomic mass is 19.4. The summed E-state index contributed by atoms with van der Waals surface area (Å²) in [6, 6.07) is 13.2. The van der Waals surface area contributed by atoms with Crippen molar-refractivity contribution in [2.45, 2.75) is 103 Å². The maximum absolute atomic E-state index is 12.8. The molecule has 3 aromatic rings. The molecule has 0 aliphatic heterocycles. The number of halogens is 3. The van der Waals surface area contributed by atoms with Gasteiger partial charge in [0.25, 0.3) is 5.89 Å². The number of benzene rings is 2. The highest BCUT2D eigenvalue weighted by molar-refractivity contribution is 5.53. The molecule has 0 atom stereocenters. The molecule has 0 saturated carbocycles. The summed E-state index contributed by atoms with van der Waals surface area (Å²) in [5.41, 5.74) is 1.59. The predicted octanol–water partition coefficient (Wildman–Crippen LogP) is 8.85. The molecule has 4 nitrogen and oxygen atoms in total. The second kappa shape index (κ2) is 13.8. The minimum Gasteiger partial charge on any atom is -0.334 e. The molecule has 1 aromatic heterocycles. The molecule has 0 unspecified atom stereocenters. The van der Waals surface area contributed by atoms with Gasteiger partial charge in [-0.1, -0.05) is 87.7 Å². The molecule has 7 heteroatoms. The van der Waals surface area contributed by atoms with Gasteiger partial charge in [-0.15, -0.1) is 0 Å². The lowest BCUT2D eigenvalue weighted by atomic mass is 9.93. The second-order valence-electron chi connectivity index (χ2n) is 10.3. The van der Waals surface area contributed by atoms with Gasteiger partial charge in [0.1, 0.15) is 0 Å². The molecule has 3 rings (SSSR count). The van der Waals surface area contributed by atoms with Crippen molar-refractivity contribution >= 4 is 0 Å². The summed E-state index contributed by atoms with van der Waals surface area (Å²) in [6.45, 7) is 6.73. The van der Waals surface area contributed by atoms with Gasteiger partial charge in [-0.25, -0.2) is 0 Å². The zero-order valence-corrected chi connectivity index (χ0v) is 22.3. The molecule has 1 N–H and O–H groups in total. The van der Waals surface area contributed by atoms with E-state index in [1.807, 2.05) is 38.1 Å². The lowest BCUT2D eigenvalue weighted by molar-refractivity contribution is -0.137. The molecule has 37 heavy (non-hydrogen) atoms. The van der Waals surface area contributed by atoms with E-state index in [-0.39, 0.29) is 0 Å². The van der Waals surface area contributed by atoms with E-state index in [2.05, 4.69) is 22.4 Å². The maximum atomic E-state index is 12.8. The van der Waals surface area contributed by atoms with Crippen LogP contribution in [0.4, 0.5) is 13.2 Å². The highest BCUT2D eigenvalue weighted by Gasteiger charge is 2.31. The van der Waals surface area contributed by atoms with Gasteiger partial charge in [0, 0.05) is 24.1 Å². The molecule has 0 fully saturated rings. The second-order valence-corrected chi connectivity index (χ2v) is 10.3. The first-order valence-corrected chi connectivity index (χ1v) is 13.5. The Morgan fingerprint density at radius 2 is 1.32 bits per heavy atom. The van der Waals surface area contributed by atoms with Crippen LogP contribution in [-0.2, 0) is 24.7 Å². The first-order valence-electron chi connectivity index (χ1n) is 13.5. The van der Waals surface area contributed by atoms with Gasteiger partial charge in [0.05, 0.1) is 5.56 Å². The van der Waals surface area contributed by atoms with E-state index in [1.54, 1.807) is 0 Å². The van der Waals surface area contributed by atoms with Gasteiger partial charge in [-0.2, -0.15) is 18.2 Å². The van der Waals surface area contributed by atoms with Crippen LogP contribution in [0.1, 0.15) is 101 Å². The number of unbranched alkanes of at least 4 members (excludes halogenated alkanes) is 8. The van der Waals surface area contributed by atoms with Crippen molar-refractivity contribution in [3.05, 3.63) is 71.0 Å². The largest absolute Gasteiger partial charge is 0.416 e. The first-order chi connectivity index (χ1) is 17.7. The summed E-state index contributed by atoms with van der Waals surface area (Å²) >= 11 is 0. The Morgan fingerprint density at radius 3 is 1.92 bits per heavy atom. The van der Waals surface area contributed by atoms with E-state index in [0.717, 1.165) is 47.5 Å². The number of nitrogens with one attached hydrogen (secondary N) is 1. The van der Waals surface area contributed by atoms with Crippen LogP contribution < -0.4 is 5.32 Å². The summed E-state index contributed by atoms with van der Waals surface area (Å²) < 4.78 is 44.0. The van der Waals surface area contributed by atoms with Gasteiger partial charge in [-0.3, -0.25) is 0 Å². The van der Waals surface area contributed by atoms with Gasteiger partial charge < -0.3 is 9.84 Å². The number of aromatic nitrogens is 2. The third-order valence-electron chi connectivity index (χ3n) is 6.84. The van der Waals surface area contributed by atoms with E-state index >= 15 is 0 Å². The van der Waals surface area contributed by atoms with Crippen LogP contribution >= 0.6 is 0 Å². The molecule has 0 amide bonds. The molecule has 0 aliphatic rings. The van der Waals surface area contributed by atoms with E-state index in [9.17, 15) is 13.2 Å². The first kappa shape index (κ1) is 28.9. The highest BCUT2D eigenvalue weighted by Crippen LogP contribution is 2.31. The number of nitrogens with zero attached hydrogens (tertiary/aromatic N) is 2. The van der Waals surface area contributed by atoms with Crippen LogP contribution in [0.3, 0.4) is 0 Å². The average molecular weight is 516 g/mol. The third kappa shape index (κ3) is 9.29. The molecular formula is C30H40F3N3O.